The number of rotatable bonds is 11. The van der Waals surface area contributed by atoms with Crippen LogP contribution in [0.3, 0.4) is 0 Å². The Balaban J connectivity index is 0.000000223. The third kappa shape index (κ3) is 7.43. The van der Waals surface area contributed by atoms with Gasteiger partial charge in [0.15, 0.2) is 11.3 Å². The standard InChI is InChI=1S/C19H29N3O4S.C12H12BrNO3/c1-4-12-10-19(12,18(26)21-27-13-7-8-13)20-16(24)14-6-5-9-22(14)17(25)15(23)11(2)3;1-3-17-10-6-8(15)7-4-5-9(16-2)11(13)12(7)14-10/h4,11-15,23H,1,5-10H2,2-3H3,(H,20,24)(H,21,26);4-6H,3H2,1-2H3,(H,14,15)/t12?,14?,15?,19-;/m1./s1. The van der Waals surface area contributed by atoms with Crippen molar-refractivity contribution in [3.05, 3.63) is 45.6 Å². The van der Waals surface area contributed by atoms with Gasteiger partial charge in [0.25, 0.3) is 11.8 Å². The molecule has 3 fully saturated rings. The Bertz CT molecular complexity index is 1460. The van der Waals surface area contributed by atoms with Gasteiger partial charge in [0.2, 0.25) is 5.91 Å². The number of aliphatic hydroxyl groups excluding tert-OH is 1. The molecule has 2 heterocycles. The second kappa shape index (κ2) is 14.4. The van der Waals surface area contributed by atoms with Crippen LogP contribution in [-0.2, 0) is 14.4 Å². The SMILES string of the molecule is C=CC1C[C@]1(NC(=O)C1CCCN1C(=O)C(O)C(C)C)C(=O)NSC1CC1.CCOc1cc(=O)c2ccc(OC)c(Br)c2[nH]1. The Hall–Kier alpha value is -3.03. The molecule has 5 rings (SSSR count). The molecule has 11 nitrogen and oxygen atoms in total. The highest BCUT2D eigenvalue weighted by atomic mass is 79.9. The molecule has 0 spiro atoms. The van der Waals surface area contributed by atoms with Gasteiger partial charge in [-0.2, -0.15) is 0 Å². The molecular weight excluding hydrogens is 652 g/mol. The number of nitrogens with one attached hydrogen (secondary N) is 3. The first-order chi connectivity index (χ1) is 21.0. The number of ether oxygens (including phenoxy) is 2. The van der Waals surface area contributed by atoms with Crippen molar-refractivity contribution in [1.82, 2.24) is 19.9 Å². The van der Waals surface area contributed by atoms with Crippen molar-refractivity contribution in [2.45, 2.75) is 75.8 Å². The molecule has 1 aromatic carbocycles. The topological polar surface area (TPSA) is 150 Å². The molecule has 1 aliphatic heterocycles. The number of amides is 3. The van der Waals surface area contributed by atoms with E-state index in [1.165, 1.54) is 22.9 Å². The molecule has 2 aliphatic carbocycles. The van der Waals surface area contributed by atoms with E-state index in [9.17, 15) is 24.3 Å². The zero-order valence-corrected chi connectivity index (χ0v) is 27.9. The lowest BCUT2D eigenvalue weighted by Gasteiger charge is -2.29. The maximum absolute atomic E-state index is 12.9. The van der Waals surface area contributed by atoms with Gasteiger partial charge < -0.3 is 29.8 Å². The van der Waals surface area contributed by atoms with Gasteiger partial charge in [0, 0.05) is 29.2 Å². The second-order valence-electron chi connectivity index (χ2n) is 11.6. The van der Waals surface area contributed by atoms with Crippen LogP contribution in [0, 0.1) is 11.8 Å². The molecule has 44 heavy (non-hydrogen) atoms. The summed E-state index contributed by atoms with van der Waals surface area (Å²) in [7, 11) is 1.58. The van der Waals surface area contributed by atoms with Crippen LogP contribution in [0.1, 0.15) is 52.9 Å². The van der Waals surface area contributed by atoms with Crippen LogP contribution in [-0.4, -0.2) is 75.9 Å². The Morgan fingerprint density at radius 1 is 1.30 bits per heavy atom. The molecule has 3 aliphatic rings. The summed E-state index contributed by atoms with van der Waals surface area (Å²) < 4.78 is 14.1. The number of halogens is 1. The molecule has 0 bridgehead atoms. The monoisotopic (exact) mass is 692 g/mol. The molecular formula is C31H41BrN4O7S. The summed E-state index contributed by atoms with van der Waals surface area (Å²) in [6.07, 6.45) is 4.55. The molecule has 2 saturated carbocycles. The normalized spacial score (nSPS) is 22.9. The number of likely N-dealkylation sites (tertiary alicyclic amines) is 1. The van der Waals surface area contributed by atoms with Gasteiger partial charge in [-0.3, -0.25) is 23.9 Å². The van der Waals surface area contributed by atoms with Gasteiger partial charge in [-0.1, -0.05) is 19.9 Å². The number of aromatic amines is 1. The smallest absolute Gasteiger partial charge is 0.256 e. The zero-order chi connectivity index (χ0) is 32.2. The number of nitrogens with zero attached hydrogens (tertiary/aromatic N) is 1. The van der Waals surface area contributed by atoms with Crippen molar-refractivity contribution in [1.29, 1.82) is 0 Å². The lowest BCUT2D eigenvalue weighted by molar-refractivity contribution is -0.147. The fourth-order valence-corrected chi connectivity index (χ4v) is 6.57. The molecule has 4 atom stereocenters. The first kappa shape index (κ1) is 33.9. The van der Waals surface area contributed by atoms with Crippen molar-refractivity contribution in [2.75, 3.05) is 20.3 Å². The number of methoxy groups -OCH3 is 1. The molecule has 240 valence electrons. The summed E-state index contributed by atoms with van der Waals surface area (Å²) in [5, 5.41) is 14.1. The van der Waals surface area contributed by atoms with Crippen molar-refractivity contribution in [2.24, 2.45) is 11.8 Å². The fourth-order valence-electron chi connectivity index (χ4n) is 5.14. The molecule has 4 N–H and O–H groups in total. The van der Waals surface area contributed by atoms with Gasteiger partial charge >= 0.3 is 0 Å². The third-order valence-electron chi connectivity index (χ3n) is 8.02. The summed E-state index contributed by atoms with van der Waals surface area (Å²) in [5.41, 5.74) is -0.361. The average Bonchev–Trinajstić information content (AvgIpc) is 3.91. The Morgan fingerprint density at radius 2 is 2.02 bits per heavy atom. The maximum Gasteiger partial charge on any atom is 0.256 e. The molecule has 13 heteroatoms. The number of benzene rings is 1. The Morgan fingerprint density at radius 3 is 2.61 bits per heavy atom. The number of H-pyrrole nitrogens is 1. The second-order valence-corrected chi connectivity index (χ2v) is 13.5. The van der Waals surface area contributed by atoms with Gasteiger partial charge in [-0.15, -0.1) is 6.58 Å². The van der Waals surface area contributed by atoms with Crippen LogP contribution in [0.15, 0.2) is 40.1 Å². The van der Waals surface area contributed by atoms with Gasteiger partial charge in [-0.05, 0) is 85.0 Å². The van der Waals surface area contributed by atoms with E-state index in [1.807, 2.05) is 6.92 Å². The van der Waals surface area contributed by atoms with Crippen LogP contribution in [0.5, 0.6) is 11.6 Å². The zero-order valence-electron chi connectivity index (χ0n) is 25.5. The first-order valence-corrected chi connectivity index (χ1v) is 16.6. The highest BCUT2D eigenvalue weighted by Crippen LogP contribution is 2.46. The van der Waals surface area contributed by atoms with Crippen LogP contribution in [0.4, 0.5) is 0 Å². The number of carbonyl (C=O) groups is 3. The van der Waals surface area contributed by atoms with Crippen LogP contribution < -0.4 is 24.9 Å². The predicted octanol–water partition coefficient (Wildman–Crippen LogP) is 3.68. The molecule has 2 aromatic rings. The van der Waals surface area contributed by atoms with Gasteiger partial charge in [-0.25, -0.2) is 0 Å². The summed E-state index contributed by atoms with van der Waals surface area (Å²) in [6, 6.07) is 4.29. The minimum Gasteiger partial charge on any atom is -0.495 e. The third-order valence-corrected chi connectivity index (χ3v) is 9.91. The van der Waals surface area contributed by atoms with E-state index in [2.05, 4.69) is 37.5 Å². The number of aromatic nitrogens is 1. The number of aliphatic hydroxyl groups is 1. The summed E-state index contributed by atoms with van der Waals surface area (Å²) >= 11 is 4.83. The summed E-state index contributed by atoms with van der Waals surface area (Å²) in [4.78, 5) is 54.5. The van der Waals surface area contributed by atoms with Gasteiger partial charge in [0.05, 0.1) is 23.7 Å². The van der Waals surface area contributed by atoms with Crippen LogP contribution >= 0.6 is 27.9 Å². The fraction of sp³-hybridized carbons (Fsp3) is 0.548. The largest absolute Gasteiger partial charge is 0.495 e. The van der Waals surface area contributed by atoms with Crippen molar-refractivity contribution in [3.63, 3.8) is 0 Å². The van der Waals surface area contributed by atoms with E-state index >= 15 is 0 Å². The number of pyridine rings is 1. The summed E-state index contributed by atoms with van der Waals surface area (Å²) in [5.74, 6) is -0.134. The van der Waals surface area contributed by atoms with E-state index in [0.29, 0.717) is 60.2 Å². The van der Waals surface area contributed by atoms with E-state index in [0.717, 1.165) is 17.3 Å². The summed E-state index contributed by atoms with van der Waals surface area (Å²) in [6.45, 7) is 10.1. The number of fused-ring (bicyclic) bond motifs is 1. The Labute approximate surface area is 269 Å². The molecule has 3 amide bonds. The minimum absolute atomic E-state index is 0.0782. The molecule has 1 aromatic heterocycles. The quantitative estimate of drug-likeness (QED) is 0.206. The average molecular weight is 694 g/mol. The van der Waals surface area contributed by atoms with E-state index in [-0.39, 0.29) is 29.1 Å². The lowest BCUT2D eigenvalue weighted by atomic mass is 10.1. The minimum atomic E-state index is -1.12. The lowest BCUT2D eigenvalue weighted by Crippen LogP contribution is -2.56. The van der Waals surface area contributed by atoms with E-state index < -0.39 is 23.6 Å². The van der Waals surface area contributed by atoms with E-state index in [1.54, 1.807) is 39.2 Å². The molecule has 0 radical (unpaired) electrons. The molecule has 3 unspecified atom stereocenters. The van der Waals surface area contributed by atoms with Crippen LogP contribution in [0.2, 0.25) is 0 Å². The highest BCUT2D eigenvalue weighted by molar-refractivity contribution is 9.10. The van der Waals surface area contributed by atoms with Crippen molar-refractivity contribution in [3.8, 4) is 11.6 Å². The van der Waals surface area contributed by atoms with E-state index in [4.69, 9.17) is 9.47 Å². The first-order valence-electron chi connectivity index (χ1n) is 14.9. The number of hydrogen-bond acceptors (Lipinski definition) is 8. The number of carbonyl (C=O) groups excluding carboxylic acids is 3. The Kier molecular flexibility index (Phi) is 11.1. The molecule has 1 saturated heterocycles. The van der Waals surface area contributed by atoms with Crippen LogP contribution in [0.25, 0.3) is 10.9 Å². The van der Waals surface area contributed by atoms with Crippen molar-refractivity contribution < 1.29 is 29.0 Å². The predicted molar refractivity (Wildman–Crippen MR) is 174 cm³/mol. The van der Waals surface area contributed by atoms with Crippen molar-refractivity contribution >= 4 is 56.5 Å². The van der Waals surface area contributed by atoms with Gasteiger partial charge in [0.1, 0.15) is 23.4 Å². The number of hydrogen-bond donors (Lipinski definition) is 4. The maximum atomic E-state index is 12.9. The highest BCUT2D eigenvalue weighted by Gasteiger charge is 2.60.